The zero-order valence-electron chi connectivity index (χ0n) is 12.6. The van der Waals surface area contributed by atoms with Gasteiger partial charge < -0.3 is 0 Å². The zero-order chi connectivity index (χ0) is 15.6. The molecule has 1 aromatic heterocycles. The average Bonchev–Trinajstić information content (AvgIpc) is 2.79. The Balaban J connectivity index is 2.14. The van der Waals surface area contributed by atoms with Crippen LogP contribution < -0.4 is 5.32 Å². The number of carbonyl (C=O) groups is 2. The molecule has 2 rings (SSSR count). The van der Waals surface area contributed by atoms with E-state index in [0.717, 1.165) is 0 Å². The molecule has 2 aromatic rings. The molecule has 110 valence electrons. The molecular formula is C16H18N2O2S. The van der Waals surface area contributed by atoms with Gasteiger partial charge >= 0.3 is 0 Å². The van der Waals surface area contributed by atoms with E-state index in [-0.39, 0.29) is 11.7 Å². The Bertz CT molecular complexity index is 672. The number of nitrogens with one attached hydrogen (secondary N) is 1. The Morgan fingerprint density at radius 1 is 1.19 bits per heavy atom. The van der Waals surface area contributed by atoms with E-state index >= 15 is 0 Å². The maximum Gasteiger partial charge on any atom is 0.257 e. The van der Waals surface area contributed by atoms with Crippen LogP contribution in [0.15, 0.2) is 24.3 Å². The van der Waals surface area contributed by atoms with Crippen molar-refractivity contribution < 1.29 is 9.59 Å². The third kappa shape index (κ3) is 3.55. The highest BCUT2D eigenvalue weighted by Gasteiger charge is 2.14. The third-order valence-electron chi connectivity index (χ3n) is 3.18. The Kier molecular flexibility index (Phi) is 4.53. The quantitative estimate of drug-likeness (QED) is 0.867. The van der Waals surface area contributed by atoms with Gasteiger partial charge in [-0.2, -0.15) is 0 Å². The number of amides is 1. The lowest BCUT2D eigenvalue weighted by Crippen LogP contribution is -2.11. The Labute approximate surface area is 128 Å². The first-order valence-corrected chi connectivity index (χ1v) is 7.59. The van der Waals surface area contributed by atoms with Gasteiger partial charge in [0.05, 0.1) is 10.6 Å². The standard InChI is InChI=1S/C16H18N2O2S/c1-9(2)12-5-7-13(8-6-12)15(20)18-16-17-10(3)14(21-16)11(4)19/h5-9H,1-4H3,(H,17,18,20). The van der Waals surface area contributed by atoms with E-state index in [9.17, 15) is 9.59 Å². The van der Waals surface area contributed by atoms with Crippen molar-refractivity contribution >= 4 is 28.2 Å². The number of aromatic nitrogens is 1. The summed E-state index contributed by atoms with van der Waals surface area (Å²) in [6.07, 6.45) is 0. The van der Waals surface area contributed by atoms with Crippen molar-refractivity contribution in [3.05, 3.63) is 46.0 Å². The number of hydrogen-bond acceptors (Lipinski definition) is 4. The first-order chi connectivity index (χ1) is 9.88. The molecule has 0 bridgehead atoms. The van der Waals surface area contributed by atoms with E-state index in [1.165, 1.54) is 23.8 Å². The van der Waals surface area contributed by atoms with Gasteiger partial charge in [-0.25, -0.2) is 4.98 Å². The van der Waals surface area contributed by atoms with Crippen LogP contribution in [0.1, 0.15) is 58.0 Å². The molecule has 0 radical (unpaired) electrons. The molecule has 0 saturated carbocycles. The molecular weight excluding hydrogens is 284 g/mol. The average molecular weight is 302 g/mol. The number of thiazole rings is 1. The molecule has 0 aliphatic heterocycles. The lowest BCUT2D eigenvalue weighted by atomic mass is 10.0. The monoisotopic (exact) mass is 302 g/mol. The highest BCUT2D eigenvalue weighted by atomic mass is 32.1. The lowest BCUT2D eigenvalue weighted by molar-refractivity contribution is 0.101. The lowest BCUT2D eigenvalue weighted by Gasteiger charge is -2.06. The maximum absolute atomic E-state index is 12.2. The van der Waals surface area contributed by atoms with E-state index < -0.39 is 0 Å². The number of benzene rings is 1. The number of anilines is 1. The van der Waals surface area contributed by atoms with Gasteiger partial charge in [-0.1, -0.05) is 37.3 Å². The van der Waals surface area contributed by atoms with Crippen molar-refractivity contribution in [1.82, 2.24) is 4.98 Å². The van der Waals surface area contributed by atoms with Gasteiger partial charge in [0.1, 0.15) is 0 Å². The summed E-state index contributed by atoms with van der Waals surface area (Å²) in [5.74, 6) is 0.183. The second-order valence-corrected chi connectivity index (χ2v) is 6.22. The van der Waals surface area contributed by atoms with Crippen molar-refractivity contribution in [2.24, 2.45) is 0 Å². The molecule has 0 fully saturated rings. The molecule has 4 nitrogen and oxygen atoms in total. The van der Waals surface area contributed by atoms with Gasteiger partial charge in [-0.15, -0.1) is 0 Å². The van der Waals surface area contributed by atoms with Crippen molar-refractivity contribution in [3.63, 3.8) is 0 Å². The minimum atomic E-state index is -0.214. The summed E-state index contributed by atoms with van der Waals surface area (Å²) in [7, 11) is 0. The predicted octanol–water partition coefficient (Wildman–Crippen LogP) is 4.03. The summed E-state index contributed by atoms with van der Waals surface area (Å²) in [6, 6.07) is 7.51. The van der Waals surface area contributed by atoms with Crippen LogP contribution in [0.2, 0.25) is 0 Å². The molecule has 0 spiro atoms. The minimum Gasteiger partial charge on any atom is -0.298 e. The zero-order valence-corrected chi connectivity index (χ0v) is 13.4. The number of carbonyl (C=O) groups excluding carboxylic acids is 2. The van der Waals surface area contributed by atoms with Crippen LogP contribution >= 0.6 is 11.3 Å². The fourth-order valence-electron chi connectivity index (χ4n) is 1.97. The second-order valence-electron chi connectivity index (χ2n) is 5.22. The van der Waals surface area contributed by atoms with Crippen LogP contribution in [0, 0.1) is 6.92 Å². The first-order valence-electron chi connectivity index (χ1n) is 6.78. The first kappa shape index (κ1) is 15.4. The van der Waals surface area contributed by atoms with E-state index in [2.05, 4.69) is 24.1 Å². The van der Waals surface area contributed by atoms with E-state index in [4.69, 9.17) is 0 Å². The summed E-state index contributed by atoms with van der Waals surface area (Å²) in [4.78, 5) is 28.3. The Morgan fingerprint density at radius 2 is 1.81 bits per heavy atom. The smallest absolute Gasteiger partial charge is 0.257 e. The van der Waals surface area contributed by atoms with Crippen LogP contribution in [0.4, 0.5) is 5.13 Å². The summed E-state index contributed by atoms with van der Waals surface area (Å²) in [5.41, 5.74) is 2.42. The van der Waals surface area contributed by atoms with Gasteiger partial charge in [0.15, 0.2) is 10.9 Å². The highest BCUT2D eigenvalue weighted by molar-refractivity contribution is 7.17. The fourth-order valence-corrected chi connectivity index (χ4v) is 2.82. The summed E-state index contributed by atoms with van der Waals surface area (Å²) >= 11 is 1.21. The number of ketones is 1. The largest absolute Gasteiger partial charge is 0.298 e. The summed E-state index contributed by atoms with van der Waals surface area (Å²) < 4.78 is 0. The van der Waals surface area contributed by atoms with Gasteiger partial charge in [0.2, 0.25) is 0 Å². The van der Waals surface area contributed by atoms with E-state index in [1.54, 1.807) is 19.1 Å². The van der Waals surface area contributed by atoms with Crippen LogP contribution in [0.5, 0.6) is 0 Å². The van der Waals surface area contributed by atoms with Crippen LogP contribution in [-0.4, -0.2) is 16.7 Å². The summed E-state index contributed by atoms with van der Waals surface area (Å²) in [5, 5.41) is 3.19. The van der Waals surface area contributed by atoms with Gasteiger partial charge in [0, 0.05) is 12.5 Å². The minimum absolute atomic E-state index is 0.0354. The topological polar surface area (TPSA) is 59.1 Å². The maximum atomic E-state index is 12.2. The predicted molar refractivity (Wildman–Crippen MR) is 85.3 cm³/mol. The number of Topliss-reactive ketones (excluding diaryl/α,β-unsaturated/α-hetero) is 1. The van der Waals surface area contributed by atoms with E-state index in [0.29, 0.717) is 27.2 Å². The van der Waals surface area contributed by atoms with Crippen molar-refractivity contribution in [1.29, 1.82) is 0 Å². The Morgan fingerprint density at radius 3 is 2.29 bits per heavy atom. The number of hydrogen-bond donors (Lipinski definition) is 1. The third-order valence-corrected chi connectivity index (χ3v) is 4.35. The fraction of sp³-hybridized carbons (Fsp3) is 0.312. The van der Waals surface area contributed by atoms with Crippen LogP contribution in [0.3, 0.4) is 0 Å². The Hall–Kier alpha value is -2.01. The van der Waals surface area contributed by atoms with Crippen LogP contribution in [0.25, 0.3) is 0 Å². The highest BCUT2D eigenvalue weighted by Crippen LogP contribution is 2.23. The molecule has 0 aliphatic rings. The molecule has 0 aliphatic carbocycles. The molecule has 5 heteroatoms. The SMILES string of the molecule is CC(=O)c1sc(NC(=O)c2ccc(C(C)C)cc2)nc1C. The second kappa shape index (κ2) is 6.18. The van der Waals surface area contributed by atoms with E-state index in [1.807, 2.05) is 12.1 Å². The van der Waals surface area contributed by atoms with Crippen molar-refractivity contribution in [3.8, 4) is 0 Å². The normalized spacial score (nSPS) is 10.7. The molecule has 0 atom stereocenters. The molecule has 21 heavy (non-hydrogen) atoms. The number of nitrogens with zero attached hydrogens (tertiary/aromatic N) is 1. The molecule has 1 amide bonds. The molecule has 1 heterocycles. The van der Waals surface area contributed by atoms with Crippen molar-refractivity contribution in [2.45, 2.75) is 33.6 Å². The number of aryl methyl sites for hydroxylation is 1. The van der Waals surface area contributed by atoms with Gasteiger partial charge in [-0.05, 0) is 30.5 Å². The summed E-state index contributed by atoms with van der Waals surface area (Å²) in [6.45, 7) is 7.48. The molecule has 0 unspecified atom stereocenters. The number of rotatable bonds is 4. The molecule has 0 saturated heterocycles. The van der Waals surface area contributed by atoms with Gasteiger partial charge in [-0.3, -0.25) is 14.9 Å². The molecule has 1 N–H and O–H groups in total. The molecule has 1 aromatic carbocycles. The van der Waals surface area contributed by atoms with Gasteiger partial charge in [0.25, 0.3) is 5.91 Å². The van der Waals surface area contributed by atoms with Crippen LogP contribution in [-0.2, 0) is 0 Å². The van der Waals surface area contributed by atoms with Crippen molar-refractivity contribution in [2.75, 3.05) is 5.32 Å².